The third-order valence-corrected chi connectivity index (χ3v) is 1.81. The molecule has 0 atom stereocenters. The second-order valence-electron chi connectivity index (χ2n) is 2.01. The summed E-state index contributed by atoms with van der Waals surface area (Å²) in [5, 5.41) is 18.4. The van der Waals surface area contributed by atoms with E-state index >= 15 is 0 Å². The van der Waals surface area contributed by atoms with E-state index in [0.717, 1.165) is 12.0 Å². The summed E-state index contributed by atoms with van der Waals surface area (Å²) < 4.78 is 4.35. The second kappa shape index (κ2) is 4.33. The molecule has 6 heteroatoms. The summed E-state index contributed by atoms with van der Waals surface area (Å²) in [5.41, 5.74) is -0.0217. The van der Waals surface area contributed by atoms with Crippen molar-refractivity contribution in [3.05, 3.63) is 34.4 Å². The number of nitrogens with zero attached hydrogens (tertiary/aromatic N) is 2. The lowest BCUT2D eigenvalue weighted by Gasteiger charge is -1.94. The highest BCUT2D eigenvalue weighted by Crippen LogP contribution is 2.22. The van der Waals surface area contributed by atoms with Gasteiger partial charge in [-0.2, -0.15) is 0 Å². The highest BCUT2D eigenvalue weighted by atomic mass is 32.2. The Labute approximate surface area is 78.3 Å². The van der Waals surface area contributed by atoms with E-state index in [0.29, 0.717) is 4.90 Å². The minimum atomic E-state index is -0.504. The maximum atomic E-state index is 10.3. The van der Waals surface area contributed by atoms with Crippen LogP contribution in [-0.2, 0) is 4.18 Å². The van der Waals surface area contributed by atoms with Crippen LogP contribution in [0.15, 0.2) is 29.2 Å². The Balaban J connectivity index is 2.80. The van der Waals surface area contributed by atoms with E-state index in [4.69, 9.17) is 5.26 Å². The Kier molecular flexibility index (Phi) is 3.11. The summed E-state index contributed by atoms with van der Waals surface area (Å²) in [7, 11) is 0. The van der Waals surface area contributed by atoms with Crippen molar-refractivity contribution in [2.24, 2.45) is 0 Å². The van der Waals surface area contributed by atoms with Crippen LogP contribution < -0.4 is 0 Å². The average Bonchev–Trinajstić information content (AvgIpc) is 2.15. The van der Waals surface area contributed by atoms with E-state index in [9.17, 15) is 10.1 Å². The van der Waals surface area contributed by atoms with Crippen LogP contribution in [0.5, 0.6) is 0 Å². The molecule has 0 aliphatic rings. The zero-order chi connectivity index (χ0) is 9.68. The standard InChI is InChI=1S/C7H4N2O3S/c8-5-12-13-7-3-1-2-6(4-7)9(10)11/h1-4H. The number of rotatable bonds is 3. The minimum absolute atomic E-state index is 0.0217. The normalized spacial score (nSPS) is 8.85. The third-order valence-electron chi connectivity index (χ3n) is 1.20. The van der Waals surface area contributed by atoms with Crippen molar-refractivity contribution in [1.82, 2.24) is 0 Å². The SMILES string of the molecule is N#COSc1cccc([N+](=O)[O-])c1. The molecule has 0 bridgehead atoms. The van der Waals surface area contributed by atoms with Crippen molar-refractivity contribution >= 4 is 17.7 Å². The lowest BCUT2D eigenvalue weighted by atomic mass is 10.3. The molecule has 0 aliphatic carbocycles. The molecule has 0 unspecified atom stereocenters. The van der Waals surface area contributed by atoms with Crippen LogP contribution in [0.25, 0.3) is 0 Å². The Hall–Kier alpha value is -1.74. The largest absolute Gasteiger partial charge is 0.347 e. The Morgan fingerprint density at radius 3 is 3.00 bits per heavy atom. The summed E-state index contributed by atoms with van der Waals surface area (Å²) in [5.74, 6) is 0. The van der Waals surface area contributed by atoms with Crippen molar-refractivity contribution < 1.29 is 9.11 Å². The summed E-state index contributed by atoms with van der Waals surface area (Å²) in [6, 6.07) is 5.86. The number of nitriles is 1. The lowest BCUT2D eigenvalue weighted by Crippen LogP contribution is -1.86. The molecule has 5 nitrogen and oxygen atoms in total. The number of non-ortho nitro benzene ring substituents is 1. The zero-order valence-electron chi connectivity index (χ0n) is 6.34. The topological polar surface area (TPSA) is 76.2 Å². The summed E-state index contributed by atoms with van der Waals surface area (Å²) in [6.45, 7) is 0. The van der Waals surface area contributed by atoms with Gasteiger partial charge < -0.3 is 4.18 Å². The molecule has 66 valence electrons. The van der Waals surface area contributed by atoms with Crippen LogP contribution in [0.1, 0.15) is 0 Å². The smallest absolute Gasteiger partial charge is 0.300 e. The number of nitro groups is 1. The third kappa shape index (κ3) is 2.65. The van der Waals surface area contributed by atoms with Gasteiger partial charge in [0.15, 0.2) is 0 Å². The van der Waals surface area contributed by atoms with Gasteiger partial charge in [-0.05, 0) is 6.07 Å². The molecular formula is C7H4N2O3S. The molecule has 0 radical (unpaired) electrons. The van der Waals surface area contributed by atoms with Crippen LogP contribution in [0.4, 0.5) is 5.69 Å². The van der Waals surface area contributed by atoms with Gasteiger partial charge in [-0.15, -0.1) is 5.26 Å². The highest BCUT2D eigenvalue weighted by molar-refractivity contribution is 7.94. The van der Waals surface area contributed by atoms with Gasteiger partial charge in [0.2, 0.25) is 0 Å². The number of hydrogen-bond donors (Lipinski definition) is 0. The molecule has 0 aromatic heterocycles. The Morgan fingerprint density at radius 2 is 2.38 bits per heavy atom. The van der Waals surface area contributed by atoms with Gasteiger partial charge in [0.05, 0.1) is 9.82 Å². The molecule has 1 aromatic carbocycles. The van der Waals surface area contributed by atoms with Crippen LogP contribution in [0.3, 0.4) is 0 Å². The second-order valence-corrected chi connectivity index (χ2v) is 2.82. The first-order valence-electron chi connectivity index (χ1n) is 3.21. The zero-order valence-corrected chi connectivity index (χ0v) is 7.15. The van der Waals surface area contributed by atoms with E-state index in [1.807, 2.05) is 0 Å². The lowest BCUT2D eigenvalue weighted by molar-refractivity contribution is -0.385. The van der Waals surface area contributed by atoms with E-state index in [1.165, 1.54) is 24.5 Å². The number of nitro benzene ring substituents is 1. The van der Waals surface area contributed by atoms with Crippen molar-refractivity contribution in [2.45, 2.75) is 4.90 Å². The monoisotopic (exact) mass is 196 g/mol. The first-order valence-corrected chi connectivity index (χ1v) is 3.95. The fourth-order valence-electron chi connectivity index (χ4n) is 0.716. The van der Waals surface area contributed by atoms with Crippen molar-refractivity contribution in [3.63, 3.8) is 0 Å². The van der Waals surface area contributed by atoms with Crippen molar-refractivity contribution in [2.75, 3.05) is 0 Å². The van der Waals surface area contributed by atoms with E-state index in [-0.39, 0.29) is 5.69 Å². The van der Waals surface area contributed by atoms with Crippen LogP contribution in [-0.4, -0.2) is 4.92 Å². The quantitative estimate of drug-likeness (QED) is 0.320. The van der Waals surface area contributed by atoms with Crippen LogP contribution >= 0.6 is 12.0 Å². The average molecular weight is 196 g/mol. The molecule has 0 spiro atoms. The van der Waals surface area contributed by atoms with Crippen LogP contribution in [0.2, 0.25) is 0 Å². The van der Waals surface area contributed by atoms with Gasteiger partial charge in [-0.1, -0.05) is 6.07 Å². The summed E-state index contributed by atoms with van der Waals surface area (Å²) in [6.07, 6.45) is 1.46. The molecule has 0 amide bonds. The summed E-state index contributed by atoms with van der Waals surface area (Å²) >= 11 is 0.786. The van der Waals surface area contributed by atoms with E-state index < -0.39 is 4.92 Å². The first-order chi connectivity index (χ1) is 6.24. The molecule has 0 saturated heterocycles. The predicted octanol–water partition coefficient (Wildman–Crippen LogP) is 2.10. The molecule has 13 heavy (non-hydrogen) atoms. The van der Waals surface area contributed by atoms with Crippen molar-refractivity contribution in [1.29, 1.82) is 5.26 Å². The highest BCUT2D eigenvalue weighted by Gasteiger charge is 2.06. The van der Waals surface area contributed by atoms with E-state index in [2.05, 4.69) is 4.18 Å². The number of hydrogen-bond acceptors (Lipinski definition) is 5. The van der Waals surface area contributed by atoms with Crippen LogP contribution in [0, 0.1) is 21.6 Å². The maximum absolute atomic E-state index is 10.3. The molecule has 0 saturated carbocycles. The summed E-state index contributed by atoms with van der Waals surface area (Å²) in [4.78, 5) is 10.3. The van der Waals surface area contributed by atoms with Gasteiger partial charge in [-0.3, -0.25) is 10.1 Å². The Morgan fingerprint density at radius 1 is 1.62 bits per heavy atom. The molecular weight excluding hydrogens is 192 g/mol. The van der Waals surface area contributed by atoms with Gasteiger partial charge in [0.1, 0.15) is 12.0 Å². The minimum Gasteiger partial charge on any atom is -0.347 e. The van der Waals surface area contributed by atoms with Gasteiger partial charge in [0.25, 0.3) is 11.9 Å². The molecule has 0 fully saturated rings. The molecule has 1 aromatic rings. The van der Waals surface area contributed by atoms with E-state index in [1.54, 1.807) is 6.07 Å². The number of benzene rings is 1. The van der Waals surface area contributed by atoms with Crippen molar-refractivity contribution in [3.8, 4) is 6.26 Å². The maximum Gasteiger partial charge on any atom is 0.300 e. The van der Waals surface area contributed by atoms with Gasteiger partial charge >= 0.3 is 0 Å². The first kappa shape index (κ1) is 9.35. The van der Waals surface area contributed by atoms with Gasteiger partial charge in [-0.25, -0.2) is 0 Å². The molecule has 1 rings (SSSR count). The molecule has 0 N–H and O–H groups in total. The molecule has 0 heterocycles. The fourth-order valence-corrected chi connectivity index (χ4v) is 1.15. The fraction of sp³-hybridized carbons (Fsp3) is 0. The molecule has 0 aliphatic heterocycles. The van der Waals surface area contributed by atoms with Gasteiger partial charge in [0, 0.05) is 12.1 Å². The Bertz CT molecular complexity index is 361. The predicted molar refractivity (Wildman–Crippen MR) is 45.7 cm³/mol.